The number of rotatable bonds is 4. The van der Waals surface area contributed by atoms with Crippen molar-refractivity contribution in [1.82, 2.24) is 0 Å². The molecule has 1 heterocycles. The van der Waals surface area contributed by atoms with Crippen molar-refractivity contribution in [3.05, 3.63) is 59.7 Å². The first kappa shape index (κ1) is 16.9. The Balaban J connectivity index is 1.66. The highest BCUT2D eigenvalue weighted by atomic mass is 16.5. The van der Waals surface area contributed by atoms with E-state index in [1.807, 2.05) is 31.2 Å². The predicted octanol–water partition coefficient (Wildman–Crippen LogP) is 3.16. The van der Waals surface area contributed by atoms with E-state index in [0.717, 1.165) is 11.3 Å². The Labute approximate surface area is 146 Å². The van der Waals surface area contributed by atoms with Crippen LogP contribution in [-0.2, 0) is 9.59 Å². The average Bonchev–Trinajstić information content (AvgIpc) is 2.98. The second-order valence-corrected chi connectivity index (χ2v) is 6.24. The van der Waals surface area contributed by atoms with Gasteiger partial charge in [-0.15, -0.1) is 0 Å². The summed E-state index contributed by atoms with van der Waals surface area (Å²) in [5.41, 5.74) is 2.46. The number of benzene rings is 2. The Morgan fingerprint density at radius 2 is 1.68 bits per heavy atom. The van der Waals surface area contributed by atoms with E-state index >= 15 is 0 Å². The quantitative estimate of drug-likeness (QED) is 0.488. The van der Waals surface area contributed by atoms with Gasteiger partial charge in [-0.2, -0.15) is 0 Å². The SMILES string of the molecule is CC(=O)c1ccc(OC(=O)[C@@H]2CC(=O)N(c3ccc(C)cc3)C2)cc1. The van der Waals surface area contributed by atoms with Gasteiger partial charge >= 0.3 is 5.97 Å². The van der Waals surface area contributed by atoms with E-state index in [4.69, 9.17) is 4.74 Å². The van der Waals surface area contributed by atoms with Crippen molar-refractivity contribution in [2.24, 2.45) is 5.92 Å². The molecule has 0 aliphatic carbocycles. The minimum Gasteiger partial charge on any atom is -0.426 e. The van der Waals surface area contributed by atoms with Crippen LogP contribution in [0.3, 0.4) is 0 Å². The summed E-state index contributed by atoms with van der Waals surface area (Å²) in [6, 6.07) is 14.0. The Bertz CT molecular complexity index is 809. The van der Waals surface area contributed by atoms with E-state index in [2.05, 4.69) is 0 Å². The van der Waals surface area contributed by atoms with Gasteiger partial charge < -0.3 is 9.64 Å². The van der Waals surface area contributed by atoms with Crippen LogP contribution in [0.2, 0.25) is 0 Å². The second kappa shape index (κ2) is 6.89. The number of hydrogen-bond donors (Lipinski definition) is 0. The van der Waals surface area contributed by atoms with Gasteiger partial charge in [0.25, 0.3) is 0 Å². The normalized spacial score (nSPS) is 16.8. The summed E-state index contributed by atoms with van der Waals surface area (Å²) in [6.07, 6.45) is 0.137. The lowest BCUT2D eigenvalue weighted by Gasteiger charge is -2.16. The fourth-order valence-electron chi connectivity index (χ4n) is 2.80. The van der Waals surface area contributed by atoms with Crippen LogP contribution >= 0.6 is 0 Å². The van der Waals surface area contributed by atoms with Crippen LogP contribution in [0.25, 0.3) is 0 Å². The number of ketones is 1. The number of nitrogens with zero attached hydrogens (tertiary/aromatic N) is 1. The molecule has 0 bridgehead atoms. The number of aryl methyl sites for hydroxylation is 1. The zero-order valence-corrected chi connectivity index (χ0v) is 14.2. The molecule has 0 radical (unpaired) electrons. The lowest BCUT2D eigenvalue weighted by atomic mass is 10.1. The minimum absolute atomic E-state index is 0.0481. The third kappa shape index (κ3) is 3.76. The number of esters is 1. The first-order chi connectivity index (χ1) is 11.9. The predicted molar refractivity (Wildman–Crippen MR) is 93.7 cm³/mol. The lowest BCUT2D eigenvalue weighted by molar-refractivity contribution is -0.139. The Hall–Kier alpha value is -2.95. The highest BCUT2D eigenvalue weighted by Crippen LogP contribution is 2.26. The van der Waals surface area contributed by atoms with Crippen LogP contribution in [0.1, 0.15) is 29.3 Å². The smallest absolute Gasteiger partial charge is 0.316 e. The number of carbonyl (C=O) groups excluding carboxylic acids is 3. The molecule has 0 N–H and O–H groups in total. The van der Waals surface area contributed by atoms with E-state index in [9.17, 15) is 14.4 Å². The highest BCUT2D eigenvalue weighted by Gasteiger charge is 2.36. The maximum atomic E-state index is 12.3. The second-order valence-electron chi connectivity index (χ2n) is 6.24. The van der Waals surface area contributed by atoms with Crippen molar-refractivity contribution >= 4 is 23.3 Å². The van der Waals surface area contributed by atoms with Gasteiger partial charge in [-0.3, -0.25) is 14.4 Å². The van der Waals surface area contributed by atoms with Crippen molar-refractivity contribution in [3.8, 4) is 5.75 Å². The zero-order valence-electron chi connectivity index (χ0n) is 14.2. The number of ether oxygens (including phenoxy) is 1. The molecule has 1 aliphatic rings. The highest BCUT2D eigenvalue weighted by molar-refractivity contribution is 5.99. The molecule has 1 fully saturated rings. The maximum absolute atomic E-state index is 12.3. The lowest BCUT2D eigenvalue weighted by Crippen LogP contribution is -2.27. The van der Waals surface area contributed by atoms with Crippen molar-refractivity contribution in [3.63, 3.8) is 0 Å². The standard InChI is InChI=1S/C20H19NO4/c1-13-3-7-17(8-4-13)21-12-16(11-19(21)23)20(24)25-18-9-5-15(6-10-18)14(2)22/h3-10,16H,11-12H2,1-2H3/t16-/m1/s1. The fraction of sp³-hybridized carbons (Fsp3) is 0.250. The van der Waals surface area contributed by atoms with Gasteiger partial charge in [-0.05, 0) is 50.2 Å². The van der Waals surface area contributed by atoms with E-state index in [-0.39, 0.29) is 18.1 Å². The molecule has 25 heavy (non-hydrogen) atoms. The molecular formula is C20H19NO4. The molecule has 5 heteroatoms. The van der Waals surface area contributed by atoms with Crippen molar-refractivity contribution in [2.75, 3.05) is 11.4 Å². The third-order valence-electron chi connectivity index (χ3n) is 4.28. The first-order valence-corrected chi connectivity index (χ1v) is 8.14. The molecule has 0 spiro atoms. The summed E-state index contributed by atoms with van der Waals surface area (Å²) in [5.74, 6) is -0.693. The summed E-state index contributed by atoms with van der Waals surface area (Å²) in [6.45, 7) is 3.77. The van der Waals surface area contributed by atoms with Gasteiger partial charge in [0.15, 0.2) is 5.78 Å². The zero-order chi connectivity index (χ0) is 18.0. The van der Waals surface area contributed by atoms with Crippen LogP contribution < -0.4 is 9.64 Å². The average molecular weight is 337 g/mol. The molecule has 1 atom stereocenters. The largest absolute Gasteiger partial charge is 0.426 e. The van der Waals surface area contributed by atoms with Crippen LogP contribution in [0.5, 0.6) is 5.75 Å². The number of amides is 1. The van der Waals surface area contributed by atoms with Crippen LogP contribution in [0, 0.1) is 12.8 Å². The molecule has 0 saturated carbocycles. The monoisotopic (exact) mass is 337 g/mol. The van der Waals surface area contributed by atoms with Crippen molar-refractivity contribution in [2.45, 2.75) is 20.3 Å². The molecule has 5 nitrogen and oxygen atoms in total. The number of carbonyl (C=O) groups is 3. The fourth-order valence-corrected chi connectivity index (χ4v) is 2.80. The third-order valence-corrected chi connectivity index (χ3v) is 4.28. The van der Waals surface area contributed by atoms with Crippen LogP contribution in [-0.4, -0.2) is 24.2 Å². The van der Waals surface area contributed by atoms with Crippen LogP contribution in [0.4, 0.5) is 5.69 Å². The van der Waals surface area contributed by atoms with Crippen molar-refractivity contribution < 1.29 is 19.1 Å². The van der Waals surface area contributed by atoms with E-state index in [0.29, 0.717) is 17.9 Å². The molecule has 2 aromatic carbocycles. The van der Waals surface area contributed by atoms with Gasteiger partial charge in [-0.25, -0.2) is 0 Å². The Kier molecular flexibility index (Phi) is 4.65. The van der Waals surface area contributed by atoms with Gasteiger partial charge in [0.2, 0.25) is 5.91 Å². The number of Topliss-reactive ketones (excluding diaryl/α,β-unsaturated/α-hetero) is 1. The van der Waals surface area contributed by atoms with Crippen molar-refractivity contribution in [1.29, 1.82) is 0 Å². The van der Waals surface area contributed by atoms with Gasteiger partial charge in [0, 0.05) is 24.2 Å². The number of hydrogen-bond acceptors (Lipinski definition) is 4. The molecule has 1 saturated heterocycles. The van der Waals surface area contributed by atoms with E-state index in [1.54, 1.807) is 29.2 Å². The van der Waals surface area contributed by atoms with Crippen LogP contribution in [0.15, 0.2) is 48.5 Å². The van der Waals surface area contributed by atoms with Gasteiger partial charge in [0.05, 0.1) is 5.92 Å². The Morgan fingerprint density at radius 3 is 2.28 bits per heavy atom. The molecule has 1 aliphatic heterocycles. The summed E-state index contributed by atoms with van der Waals surface area (Å²) < 4.78 is 5.36. The van der Waals surface area contributed by atoms with Gasteiger partial charge in [0.1, 0.15) is 5.75 Å². The maximum Gasteiger partial charge on any atom is 0.316 e. The van der Waals surface area contributed by atoms with Gasteiger partial charge in [-0.1, -0.05) is 17.7 Å². The molecule has 0 aromatic heterocycles. The first-order valence-electron chi connectivity index (χ1n) is 8.14. The minimum atomic E-state index is -0.499. The van der Waals surface area contributed by atoms with E-state index in [1.165, 1.54) is 6.92 Å². The molecule has 128 valence electrons. The summed E-state index contributed by atoms with van der Waals surface area (Å²) in [4.78, 5) is 37.4. The molecule has 3 rings (SSSR count). The molecule has 2 aromatic rings. The summed E-state index contributed by atoms with van der Waals surface area (Å²) >= 11 is 0. The topological polar surface area (TPSA) is 63.7 Å². The molecule has 1 amide bonds. The molecule has 0 unspecified atom stereocenters. The molecular weight excluding hydrogens is 318 g/mol. The number of anilines is 1. The summed E-state index contributed by atoms with van der Waals surface area (Å²) in [7, 11) is 0. The summed E-state index contributed by atoms with van der Waals surface area (Å²) in [5, 5.41) is 0. The van der Waals surface area contributed by atoms with E-state index < -0.39 is 11.9 Å². The Morgan fingerprint density at radius 1 is 1.04 bits per heavy atom.